The Bertz CT molecular complexity index is 668. The van der Waals surface area contributed by atoms with Gasteiger partial charge in [-0.15, -0.1) is 0 Å². The van der Waals surface area contributed by atoms with Crippen LogP contribution in [-0.2, 0) is 0 Å². The molecule has 0 aliphatic rings. The first-order valence-electron chi connectivity index (χ1n) is 5.35. The average molecular weight is 341 g/mol. The van der Waals surface area contributed by atoms with Crippen molar-refractivity contribution in [3.63, 3.8) is 0 Å². The zero-order chi connectivity index (χ0) is 14.7. The van der Waals surface area contributed by atoms with Crippen molar-refractivity contribution in [3.05, 3.63) is 40.2 Å². The summed E-state index contributed by atoms with van der Waals surface area (Å²) >= 11 is 3.28. The molecule has 2 N–H and O–H groups in total. The topological polar surface area (TPSA) is 102 Å². The van der Waals surface area contributed by atoms with Crippen molar-refractivity contribution in [1.29, 1.82) is 0 Å². The van der Waals surface area contributed by atoms with Crippen LogP contribution in [0.25, 0.3) is 0 Å². The predicted molar refractivity (Wildman–Crippen MR) is 72.1 cm³/mol. The number of carbonyl (C=O) groups is 2. The third kappa shape index (κ3) is 3.15. The zero-order valence-corrected chi connectivity index (χ0v) is 11.8. The molecule has 2 rings (SSSR count). The summed E-state index contributed by atoms with van der Waals surface area (Å²) in [7, 11) is 1.50. The van der Waals surface area contributed by atoms with Gasteiger partial charge in [0.2, 0.25) is 5.76 Å². The number of amides is 1. The van der Waals surface area contributed by atoms with Gasteiger partial charge in [-0.1, -0.05) is 21.1 Å². The van der Waals surface area contributed by atoms with E-state index in [1.54, 1.807) is 18.2 Å². The molecule has 0 saturated heterocycles. The molecule has 1 amide bonds. The van der Waals surface area contributed by atoms with E-state index in [-0.39, 0.29) is 5.69 Å². The number of carbonyl (C=O) groups excluding carboxylic acids is 1. The Balaban J connectivity index is 2.18. The summed E-state index contributed by atoms with van der Waals surface area (Å²) in [6.45, 7) is 0. The van der Waals surface area contributed by atoms with E-state index in [4.69, 9.17) is 9.84 Å². The number of nitrogens with zero attached hydrogens (tertiary/aromatic N) is 1. The highest BCUT2D eigenvalue weighted by molar-refractivity contribution is 9.10. The molecule has 0 aliphatic carbocycles. The number of rotatable bonds is 4. The maximum Gasteiger partial charge on any atom is 0.374 e. The average Bonchev–Trinajstić information content (AvgIpc) is 2.87. The summed E-state index contributed by atoms with van der Waals surface area (Å²) in [5.41, 5.74) is 0.349. The molecule has 1 aromatic carbocycles. The van der Waals surface area contributed by atoms with Gasteiger partial charge in [0, 0.05) is 22.3 Å². The molecule has 0 atom stereocenters. The molecule has 0 unspecified atom stereocenters. The summed E-state index contributed by atoms with van der Waals surface area (Å²) in [5, 5.41) is 14.6. The summed E-state index contributed by atoms with van der Waals surface area (Å²) in [4.78, 5) is 22.5. The molecule has 104 valence electrons. The molecule has 0 saturated carbocycles. The molecule has 1 aromatic heterocycles. The van der Waals surface area contributed by atoms with Crippen molar-refractivity contribution in [2.75, 3.05) is 12.4 Å². The zero-order valence-electron chi connectivity index (χ0n) is 10.2. The van der Waals surface area contributed by atoms with Crippen LogP contribution in [0.1, 0.15) is 21.0 Å². The van der Waals surface area contributed by atoms with E-state index in [1.165, 1.54) is 7.11 Å². The van der Waals surface area contributed by atoms with Gasteiger partial charge in [0.15, 0.2) is 5.69 Å². The number of ether oxygens (including phenoxy) is 1. The summed E-state index contributed by atoms with van der Waals surface area (Å²) in [6, 6.07) is 6.06. The molecule has 2 aromatic rings. The minimum absolute atomic E-state index is 0.124. The van der Waals surface area contributed by atoms with E-state index in [0.29, 0.717) is 11.4 Å². The van der Waals surface area contributed by atoms with Gasteiger partial charge in [-0.05, 0) is 12.1 Å². The second kappa shape index (κ2) is 5.74. The molecular weight excluding hydrogens is 332 g/mol. The molecule has 0 spiro atoms. The smallest absolute Gasteiger partial charge is 0.374 e. The third-order valence-electron chi connectivity index (χ3n) is 2.32. The normalized spacial score (nSPS) is 10.1. The number of methoxy groups -OCH3 is 1. The molecule has 0 fully saturated rings. The van der Waals surface area contributed by atoms with Gasteiger partial charge in [-0.25, -0.2) is 4.79 Å². The van der Waals surface area contributed by atoms with Crippen LogP contribution in [0.15, 0.2) is 33.3 Å². The Hall–Kier alpha value is -2.35. The van der Waals surface area contributed by atoms with Gasteiger partial charge in [0.25, 0.3) is 5.91 Å². The van der Waals surface area contributed by atoms with Gasteiger partial charge in [-0.3, -0.25) is 4.79 Å². The molecule has 0 radical (unpaired) electrons. The maximum atomic E-state index is 11.9. The maximum absolute atomic E-state index is 11.9. The summed E-state index contributed by atoms with van der Waals surface area (Å²) in [6.07, 6.45) is 0. The SMILES string of the molecule is COc1cc(Br)cc(NC(=O)c2cc(C(=O)O)on2)c1. The fourth-order valence-corrected chi connectivity index (χ4v) is 1.90. The molecule has 20 heavy (non-hydrogen) atoms. The van der Waals surface area contributed by atoms with Crippen LogP contribution >= 0.6 is 15.9 Å². The monoisotopic (exact) mass is 340 g/mol. The Labute approximate surface area is 121 Å². The van der Waals surface area contributed by atoms with Crippen molar-refractivity contribution >= 4 is 33.5 Å². The van der Waals surface area contributed by atoms with Crippen molar-refractivity contribution < 1.29 is 24.0 Å². The fourth-order valence-electron chi connectivity index (χ4n) is 1.43. The molecule has 8 heteroatoms. The Morgan fingerprint density at radius 2 is 2.10 bits per heavy atom. The predicted octanol–water partition coefficient (Wildman–Crippen LogP) is 2.40. The highest BCUT2D eigenvalue weighted by atomic mass is 79.9. The molecule has 0 aliphatic heterocycles. The van der Waals surface area contributed by atoms with E-state index in [0.717, 1.165) is 10.5 Å². The molecular formula is C12H9BrN2O5. The number of aromatic nitrogens is 1. The van der Waals surface area contributed by atoms with Crippen LogP contribution in [0.2, 0.25) is 0 Å². The standard InChI is InChI=1S/C12H9BrN2O5/c1-19-8-3-6(13)2-7(4-8)14-11(16)9-5-10(12(17)18)20-15-9/h2-5H,1H3,(H,14,16)(H,17,18). The Morgan fingerprint density at radius 3 is 2.70 bits per heavy atom. The van der Waals surface area contributed by atoms with E-state index in [1.807, 2.05) is 0 Å². The third-order valence-corrected chi connectivity index (χ3v) is 2.78. The van der Waals surface area contributed by atoms with Gasteiger partial charge in [0.1, 0.15) is 5.75 Å². The van der Waals surface area contributed by atoms with Crippen LogP contribution in [0.4, 0.5) is 5.69 Å². The highest BCUT2D eigenvalue weighted by Gasteiger charge is 2.17. The van der Waals surface area contributed by atoms with Gasteiger partial charge >= 0.3 is 5.97 Å². The summed E-state index contributed by atoms with van der Waals surface area (Å²) in [5.74, 6) is -1.72. The minimum atomic E-state index is -1.29. The lowest BCUT2D eigenvalue weighted by molar-refractivity contribution is 0.0651. The summed E-state index contributed by atoms with van der Waals surface area (Å²) < 4.78 is 10.3. The number of anilines is 1. The number of carboxylic acids is 1. The second-order valence-corrected chi connectivity index (χ2v) is 4.63. The highest BCUT2D eigenvalue weighted by Crippen LogP contribution is 2.24. The van der Waals surface area contributed by atoms with Crippen molar-refractivity contribution in [1.82, 2.24) is 5.16 Å². The molecule has 7 nitrogen and oxygen atoms in total. The quantitative estimate of drug-likeness (QED) is 0.885. The first-order chi connectivity index (χ1) is 9.49. The van der Waals surface area contributed by atoms with E-state index < -0.39 is 17.6 Å². The Morgan fingerprint density at radius 1 is 1.35 bits per heavy atom. The number of benzene rings is 1. The number of carboxylic acid groups (broad SMARTS) is 1. The fraction of sp³-hybridized carbons (Fsp3) is 0.0833. The van der Waals surface area contributed by atoms with Crippen LogP contribution in [0.3, 0.4) is 0 Å². The van der Waals surface area contributed by atoms with Crippen LogP contribution in [-0.4, -0.2) is 29.2 Å². The Kier molecular flexibility index (Phi) is 4.04. The van der Waals surface area contributed by atoms with E-state index in [9.17, 15) is 9.59 Å². The molecule has 1 heterocycles. The van der Waals surface area contributed by atoms with Crippen LogP contribution in [0, 0.1) is 0 Å². The van der Waals surface area contributed by atoms with Crippen LogP contribution < -0.4 is 10.1 Å². The van der Waals surface area contributed by atoms with Gasteiger partial charge in [0.05, 0.1) is 7.11 Å². The van der Waals surface area contributed by atoms with Crippen LogP contribution in [0.5, 0.6) is 5.75 Å². The lowest BCUT2D eigenvalue weighted by Crippen LogP contribution is -2.12. The van der Waals surface area contributed by atoms with Crippen molar-refractivity contribution in [3.8, 4) is 5.75 Å². The number of hydrogen-bond donors (Lipinski definition) is 2. The first-order valence-corrected chi connectivity index (χ1v) is 6.15. The van der Waals surface area contributed by atoms with E-state index in [2.05, 4.69) is 30.9 Å². The van der Waals surface area contributed by atoms with Gasteiger partial charge in [-0.2, -0.15) is 0 Å². The second-order valence-electron chi connectivity index (χ2n) is 3.72. The first kappa shape index (κ1) is 14.1. The van der Waals surface area contributed by atoms with E-state index >= 15 is 0 Å². The number of hydrogen-bond acceptors (Lipinski definition) is 5. The largest absolute Gasteiger partial charge is 0.497 e. The van der Waals surface area contributed by atoms with Crippen molar-refractivity contribution in [2.24, 2.45) is 0 Å². The molecule has 0 bridgehead atoms. The number of aromatic carboxylic acids is 1. The number of nitrogens with one attached hydrogen (secondary N) is 1. The minimum Gasteiger partial charge on any atom is -0.497 e. The lowest BCUT2D eigenvalue weighted by Gasteiger charge is -2.06. The lowest BCUT2D eigenvalue weighted by atomic mass is 10.3. The number of halogens is 1. The van der Waals surface area contributed by atoms with Gasteiger partial charge < -0.3 is 19.7 Å². The van der Waals surface area contributed by atoms with Crippen molar-refractivity contribution in [2.45, 2.75) is 0 Å².